The molecule has 0 saturated heterocycles. The first-order chi connectivity index (χ1) is 10.6. The van der Waals surface area contributed by atoms with E-state index in [0.717, 1.165) is 36.3 Å². The summed E-state index contributed by atoms with van der Waals surface area (Å²) in [5, 5.41) is 15.8. The van der Waals surface area contributed by atoms with Gasteiger partial charge in [-0.2, -0.15) is 5.10 Å². The molecule has 114 valence electrons. The van der Waals surface area contributed by atoms with E-state index in [9.17, 15) is 10.1 Å². The quantitative estimate of drug-likeness (QED) is 0.697. The fourth-order valence-electron chi connectivity index (χ4n) is 3.37. The first kappa shape index (κ1) is 13.5. The van der Waals surface area contributed by atoms with E-state index in [1.54, 1.807) is 12.1 Å². The summed E-state index contributed by atoms with van der Waals surface area (Å²) in [6.45, 7) is 0. The fraction of sp³-hybridized carbons (Fsp3) is 0.438. The number of hydrogen-bond acceptors (Lipinski definition) is 4. The summed E-state index contributed by atoms with van der Waals surface area (Å²) in [7, 11) is 0. The van der Waals surface area contributed by atoms with Crippen LogP contribution in [0, 0.1) is 10.1 Å². The van der Waals surface area contributed by atoms with E-state index in [1.807, 2.05) is 10.7 Å². The van der Waals surface area contributed by atoms with Crippen molar-refractivity contribution in [3.05, 3.63) is 51.3 Å². The molecule has 1 fully saturated rings. The number of hydrogen-bond donors (Lipinski definition) is 1. The zero-order valence-electron chi connectivity index (χ0n) is 12.2. The molecule has 1 unspecified atom stereocenters. The molecule has 2 N–H and O–H groups in total. The number of nitro groups is 1. The van der Waals surface area contributed by atoms with Crippen LogP contribution in [0.5, 0.6) is 0 Å². The van der Waals surface area contributed by atoms with Crippen LogP contribution in [-0.4, -0.2) is 14.7 Å². The van der Waals surface area contributed by atoms with Gasteiger partial charge in [-0.1, -0.05) is 6.07 Å². The standard InChI is InChI=1S/C16H18N4O2/c17-13-5-2-6-14-15(13)16(10-7-8-10)18-19(14)11-3-1-4-12(9-11)20(21)22/h1,3-4,9-10,13H,2,5-8,17H2. The smallest absolute Gasteiger partial charge is 0.271 e. The van der Waals surface area contributed by atoms with Gasteiger partial charge >= 0.3 is 0 Å². The maximum Gasteiger partial charge on any atom is 0.271 e. The van der Waals surface area contributed by atoms with Gasteiger partial charge in [0.2, 0.25) is 0 Å². The van der Waals surface area contributed by atoms with Gasteiger partial charge in [0.1, 0.15) is 0 Å². The zero-order valence-corrected chi connectivity index (χ0v) is 12.2. The largest absolute Gasteiger partial charge is 0.324 e. The first-order valence-corrected chi connectivity index (χ1v) is 7.77. The van der Waals surface area contributed by atoms with Crippen molar-refractivity contribution < 1.29 is 4.92 Å². The highest BCUT2D eigenvalue weighted by Crippen LogP contribution is 2.45. The lowest BCUT2D eigenvalue weighted by Crippen LogP contribution is -2.19. The Kier molecular flexibility index (Phi) is 3.00. The summed E-state index contributed by atoms with van der Waals surface area (Å²) in [6, 6.07) is 6.72. The van der Waals surface area contributed by atoms with E-state index in [1.165, 1.54) is 24.5 Å². The average molecular weight is 298 g/mol. The SMILES string of the molecule is NC1CCCc2c1c(C1CC1)nn2-c1cccc([N+](=O)[O-])c1. The van der Waals surface area contributed by atoms with E-state index in [0.29, 0.717) is 5.92 Å². The van der Waals surface area contributed by atoms with Gasteiger partial charge in [0.05, 0.1) is 16.3 Å². The summed E-state index contributed by atoms with van der Waals surface area (Å²) >= 11 is 0. The summed E-state index contributed by atoms with van der Waals surface area (Å²) < 4.78 is 1.88. The molecule has 1 atom stereocenters. The first-order valence-electron chi connectivity index (χ1n) is 7.77. The predicted octanol–water partition coefficient (Wildman–Crippen LogP) is 2.99. The maximum absolute atomic E-state index is 11.0. The Labute approximate surface area is 128 Å². The predicted molar refractivity (Wildman–Crippen MR) is 82.1 cm³/mol. The van der Waals surface area contributed by atoms with Gasteiger partial charge in [-0.25, -0.2) is 4.68 Å². The summed E-state index contributed by atoms with van der Waals surface area (Å²) in [5.41, 5.74) is 10.6. The zero-order chi connectivity index (χ0) is 15.3. The monoisotopic (exact) mass is 298 g/mol. The second-order valence-electron chi connectivity index (χ2n) is 6.21. The van der Waals surface area contributed by atoms with Gasteiger partial charge < -0.3 is 5.73 Å². The highest BCUT2D eigenvalue weighted by molar-refractivity contribution is 5.47. The highest BCUT2D eigenvalue weighted by atomic mass is 16.6. The third kappa shape index (κ3) is 2.11. The molecular weight excluding hydrogens is 280 g/mol. The molecule has 0 aliphatic heterocycles. The van der Waals surface area contributed by atoms with Gasteiger partial charge in [0.25, 0.3) is 5.69 Å². The van der Waals surface area contributed by atoms with E-state index < -0.39 is 0 Å². The topological polar surface area (TPSA) is 87.0 Å². The van der Waals surface area contributed by atoms with Crippen LogP contribution in [0.15, 0.2) is 24.3 Å². The molecule has 2 aromatic rings. The van der Waals surface area contributed by atoms with Gasteiger partial charge in [0.15, 0.2) is 0 Å². The van der Waals surface area contributed by atoms with Crippen LogP contribution < -0.4 is 5.73 Å². The summed E-state index contributed by atoms with van der Waals surface area (Å²) in [4.78, 5) is 10.6. The summed E-state index contributed by atoms with van der Waals surface area (Å²) in [6.07, 6.45) is 5.31. The van der Waals surface area contributed by atoms with Crippen molar-refractivity contribution in [3.8, 4) is 5.69 Å². The van der Waals surface area contributed by atoms with Crippen molar-refractivity contribution in [2.45, 2.75) is 44.1 Å². The molecule has 1 heterocycles. The average Bonchev–Trinajstić information content (AvgIpc) is 3.28. The number of benzene rings is 1. The Bertz CT molecular complexity index is 749. The van der Waals surface area contributed by atoms with Crippen molar-refractivity contribution in [3.63, 3.8) is 0 Å². The lowest BCUT2D eigenvalue weighted by molar-refractivity contribution is -0.384. The van der Waals surface area contributed by atoms with Crippen LogP contribution in [0.25, 0.3) is 5.69 Å². The van der Waals surface area contributed by atoms with E-state index in [2.05, 4.69) is 0 Å². The highest BCUT2D eigenvalue weighted by Gasteiger charge is 2.35. The molecule has 2 aliphatic carbocycles. The molecule has 0 spiro atoms. The molecule has 1 aromatic heterocycles. The van der Waals surface area contributed by atoms with Crippen molar-refractivity contribution in [1.29, 1.82) is 0 Å². The van der Waals surface area contributed by atoms with E-state index >= 15 is 0 Å². The number of nitrogens with two attached hydrogens (primary N) is 1. The molecule has 6 nitrogen and oxygen atoms in total. The number of nitro benzene ring substituents is 1. The molecule has 2 aliphatic rings. The Morgan fingerprint density at radius 1 is 1.32 bits per heavy atom. The van der Waals surface area contributed by atoms with Gasteiger partial charge in [0, 0.05) is 35.3 Å². The molecule has 22 heavy (non-hydrogen) atoms. The third-order valence-corrected chi connectivity index (χ3v) is 4.60. The van der Waals surface area contributed by atoms with E-state index in [4.69, 9.17) is 10.8 Å². The Morgan fingerprint density at radius 2 is 2.14 bits per heavy atom. The van der Waals surface area contributed by atoms with Crippen molar-refractivity contribution in [1.82, 2.24) is 9.78 Å². The van der Waals surface area contributed by atoms with Gasteiger partial charge in [-0.05, 0) is 38.2 Å². The molecular formula is C16H18N4O2. The summed E-state index contributed by atoms with van der Waals surface area (Å²) in [5.74, 6) is 0.526. The third-order valence-electron chi connectivity index (χ3n) is 4.60. The lowest BCUT2D eigenvalue weighted by atomic mass is 9.90. The fourth-order valence-corrected chi connectivity index (χ4v) is 3.37. The molecule has 6 heteroatoms. The van der Waals surface area contributed by atoms with E-state index in [-0.39, 0.29) is 16.7 Å². The Morgan fingerprint density at radius 3 is 2.86 bits per heavy atom. The van der Waals surface area contributed by atoms with Crippen LogP contribution in [0.2, 0.25) is 0 Å². The molecule has 0 radical (unpaired) electrons. The Hall–Kier alpha value is -2.21. The lowest BCUT2D eigenvalue weighted by Gasteiger charge is -2.20. The van der Waals surface area contributed by atoms with Crippen LogP contribution in [0.3, 0.4) is 0 Å². The van der Waals surface area contributed by atoms with Crippen LogP contribution >= 0.6 is 0 Å². The van der Waals surface area contributed by atoms with Crippen LogP contribution in [0.1, 0.15) is 54.6 Å². The number of fused-ring (bicyclic) bond motifs is 1. The minimum atomic E-state index is -0.368. The van der Waals surface area contributed by atoms with Crippen molar-refractivity contribution in [2.75, 3.05) is 0 Å². The Balaban J connectivity index is 1.87. The normalized spacial score (nSPS) is 20.7. The second kappa shape index (κ2) is 4.91. The van der Waals surface area contributed by atoms with Crippen LogP contribution in [-0.2, 0) is 6.42 Å². The number of rotatable bonds is 3. The van der Waals surface area contributed by atoms with Crippen LogP contribution in [0.4, 0.5) is 5.69 Å². The van der Waals surface area contributed by atoms with Gasteiger partial charge in [-0.3, -0.25) is 10.1 Å². The number of aromatic nitrogens is 2. The van der Waals surface area contributed by atoms with Crippen molar-refractivity contribution in [2.24, 2.45) is 5.73 Å². The number of nitrogens with zero attached hydrogens (tertiary/aromatic N) is 3. The number of non-ortho nitro benzene ring substituents is 1. The minimum Gasteiger partial charge on any atom is -0.324 e. The minimum absolute atomic E-state index is 0.0480. The maximum atomic E-state index is 11.0. The molecule has 1 saturated carbocycles. The molecule has 0 amide bonds. The van der Waals surface area contributed by atoms with Gasteiger partial charge in [-0.15, -0.1) is 0 Å². The molecule has 0 bridgehead atoms. The molecule has 1 aromatic carbocycles. The second-order valence-corrected chi connectivity index (χ2v) is 6.21. The van der Waals surface area contributed by atoms with Crippen molar-refractivity contribution >= 4 is 5.69 Å². The molecule has 4 rings (SSSR count).